The van der Waals surface area contributed by atoms with Crippen LogP contribution in [0.2, 0.25) is 10.0 Å². The predicted molar refractivity (Wildman–Crippen MR) is 121 cm³/mol. The van der Waals surface area contributed by atoms with Crippen LogP contribution in [0.3, 0.4) is 0 Å². The van der Waals surface area contributed by atoms with Crippen LogP contribution in [0.4, 0.5) is 5.69 Å². The first-order valence-electron chi connectivity index (χ1n) is 9.47. The number of hydrogen-bond donors (Lipinski definition) is 2. The van der Waals surface area contributed by atoms with Crippen molar-refractivity contribution in [3.63, 3.8) is 0 Å². The molecule has 0 fully saturated rings. The fourth-order valence-corrected chi connectivity index (χ4v) is 3.62. The number of benzene rings is 3. The van der Waals surface area contributed by atoms with E-state index in [2.05, 4.69) is 15.3 Å². The van der Waals surface area contributed by atoms with Crippen LogP contribution in [-0.4, -0.2) is 27.4 Å². The van der Waals surface area contributed by atoms with Crippen molar-refractivity contribution < 1.29 is 14.5 Å². The van der Waals surface area contributed by atoms with Crippen LogP contribution in [0.5, 0.6) is 5.75 Å². The van der Waals surface area contributed by atoms with Gasteiger partial charge in [-0.2, -0.15) is 0 Å². The van der Waals surface area contributed by atoms with Gasteiger partial charge in [0.25, 0.3) is 11.6 Å². The van der Waals surface area contributed by atoms with E-state index in [0.29, 0.717) is 32.7 Å². The van der Waals surface area contributed by atoms with Crippen molar-refractivity contribution in [1.82, 2.24) is 15.3 Å². The molecule has 0 aliphatic carbocycles. The average molecular weight is 471 g/mol. The molecule has 1 amide bonds. The summed E-state index contributed by atoms with van der Waals surface area (Å²) in [7, 11) is 0. The maximum atomic E-state index is 12.7. The van der Waals surface area contributed by atoms with E-state index >= 15 is 0 Å². The van der Waals surface area contributed by atoms with Gasteiger partial charge in [0.15, 0.2) is 6.61 Å². The lowest BCUT2D eigenvalue weighted by atomic mass is 10.1. The normalized spacial score (nSPS) is 11.8. The summed E-state index contributed by atoms with van der Waals surface area (Å²) in [6.45, 7) is -0.281. The molecule has 32 heavy (non-hydrogen) atoms. The number of nitrogens with one attached hydrogen (secondary N) is 2. The van der Waals surface area contributed by atoms with Crippen LogP contribution in [0.25, 0.3) is 11.0 Å². The van der Waals surface area contributed by atoms with Crippen molar-refractivity contribution in [3.05, 3.63) is 98.3 Å². The second kappa shape index (κ2) is 9.25. The molecule has 0 radical (unpaired) electrons. The number of imidazole rings is 1. The molecule has 1 heterocycles. The number of non-ortho nitro benzene ring substituents is 1. The SMILES string of the molecule is O=C(COc1ccc(Cl)cc1Cl)NC(c1ccccc1)c1nc2ccc([N+](=O)[O-])cc2[nH]1. The van der Waals surface area contributed by atoms with Gasteiger partial charge >= 0.3 is 0 Å². The molecule has 0 spiro atoms. The third-order valence-corrected chi connectivity index (χ3v) is 5.19. The number of aromatic nitrogens is 2. The number of rotatable bonds is 7. The molecule has 3 aromatic carbocycles. The summed E-state index contributed by atoms with van der Waals surface area (Å²) >= 11 is 12.0. The second-order valence-electron chi connectivity index (χ2n) is 6.86. The molecule has 0 aliphatic rings. The Balaban J connectivity index is 1.58. The number of carbonyl (C=O) groups excluding carboxylic acids is 1. The van der Waals surface area contributed by atoms with E-state index in [4.69, 9.17) is 27.9 Å². The standard InChI is InChI=1S/C22H16Cl2N4O4/c23-14-6-9-19(16(24)10-14)32-12-20(29)27-21(13-4-2-1-3-5-13)22-25-17-8-7-15(28(30)31)11-18(17)26-22/h1-11,21H,12H2,(H,25,26)(H,27,29). The number of nitro benzene ring substituents is 1. The van der Waals surface area contributed by atoms with E-state index in [1.807, 2.05) is 30.3 Å². The van der Waals surface area contributed by atoms with E-state index in [0.717, 1.165) is 5.56 Å². The molecule has 0 saturated heterocycles. The monoisotopic (exact) mass is 470 g/mol. The second-order valence-corrected chi connectivity index (χ2v) is 7.70. The maximum absolute atomic E-state index is 12.7. The summed E-state index contributed by atoms with van der Waals surface area (Å²) in [4.78, 5) is 30.9. The Bertz CT molecular complexity index is 1290. The highest BCUT2D eigenvalue weighted by Crippen LogP contribution is 2.28. The lowest BCUT2D eigenvalue weighted by Crippen LogP contribution is -2.33. The van der Waals surface area contributed by atoms with Crippen molar-refractivity contribution in [2.75, 3.05) is 6.61 Å². The third-order valence-electron chi connectivity index (χ3n) is 4.66. The quantitative estimate of drug-likeness (QED) is 0.289. The number of H-pyrrole nitrogens is 1. The first kappa shape index (κ1) is 21.6. The topological polar surface area (TPSA) is 110 Å². The van der Waals surface area contributed by atoms with Gasteiger partial charge in [-0.25, -0.2) is 4.98 Å². The zero-order chi connectivity index (χ0) is 22.7. The van der Waals surface area contributed by atoms with Crippen molar-refractivity contribution in [2.24, 2.45) is 0 Å². The molecule has 1 unspecified atom stereocenters. The van der Waals surface area contributed by atoms with Crippen LogP contribution >= 0.6 is 23.2 Å². The predicted octanol–water partition coefficient (Wildman–Crippen LogP) is 5.06. The highest BCUT2D eigenvalue weighted by atomic mass is 35.5. The Morgan fingerprint density at radius 2 is 1.91 bits per heavy atom. The minimum Gasteiger partial charge on any atom is -0.482 e. The van der Waals surface area contributed by atoms with E-state index in [1.54, 1.807) is 18.2 Å². The summed E-state index contributed by atoms with van der Waals surface area (Å²) in [5, 5.41) is 14.7. The molecule has 0 saturated carbocycles. The van der Waals surface area contributed by atoms with Gasteiger partial charge in [0, 0.05) is 17.2 Å². The smallest absolute Gasteiger partial charge is 0.271 e. The van der Waals surface area contributed by atoms with Gasteiger partial charge in [0.2, 0.25) is 0 Å². The van der Waals surface area contributed by atoms with Crippen molar-refractivity contribution in [1.29, 1.82) is 0 Å². The van der Waals surface area contributed by atoms with Gasteiger partial charge < -0.3 is 15.0 Å². The summed E-state index contributed by atoms with van der Waals surface area (Å²) < 4.78 is 5.52. The van der Waals surface area contributed by atoms with Crippen LogP contribution in [-0.2, 0) is 4.79 Å². The number of aromatic amines is 1. The Hall–Kier alpha value is -3.62. The van der Waals surface area contributed by atoms with Crippen LogP contribution in [0, 0.1) is 10.1 Å². The lowest BCUT2D eigenvalue weighted by molar-refractivity contribution is -0.384. The summed E-state index contributed by atoms with van der Waals surface area (Å²) in [6.07, 6.45) is 0. The number of halogens is 2. The molecule has 2 N–H and O–H groups in total. The molecule has 4 aromatic rings. The van der Waals surface area contributed by atoms with Crippen molar-refractivity contribution >= 4 is 45.8 Å². The van der Waals surface area contributed by atoms with E-state index in [1.165, 1.54) is 18.2 Å². The van der Waals surface area contributed by atoms with Gasteiger partial charge in [-0.05, 0) is 29.8 Å². The number of hydrogen-bond acceptors (Lipinski definition) is 5. The molecule has 8 nitrogen and oxygen atoms in total. The van der Waals surface area contributed by atoms with Crippen LogP contribution in [0.1, 0.15) is 17.4 Å². The van der Waals surface area contributed by atoms with Crippen LogP contribution < -0.4 is 10.1 Å². The first-order chi connectivity index (χ1) is 15.4. The highest BCUT2D eigenvalue weighted by molar-refractivity contribution is 6.35. The molecule has 0 bridgehead atoms. The van der Waals surface area contributed by atoms with Crippen molar-refractivity contribution in [3.8, 4) is 5.75 Å². The van der Waals surface area contributed by atoms with E-state index in [9.17, 15) is 14.9 Å². The third kappa shape index (κ3) is 4.82. The molecule has 10 heteroatoms. The molecule has 0 aliphatic heterocycles. The summed E-state index contributed by atoms with van der Waals surface area (Å²) in [6, 6.07) is 17.7. The molecule has 4 rings (SSSR count). The molecule has 1 atom stereocenters. The fourth-order valence-electron chi connectivity index (χ4n) is 3.16. The average Bonchev–Trinajstić information content (AvgIpc) is 3.20. The number of nitrogens with zero attached hydrogens (tertiary/aromatic N) is 2. The Labute approximate surface area is 192 Å². The Kier molecular flexibility index (Phi) is 6.25. The van der Waals surface area contributed by atoms with Gasteiger partial charge in [-0.1, -0.05) is 53.5 Å². The van der Waals surface area contributed by atoms with Crippen LogP contribution in [0.15, 0.2) is 66.7 Å². The van der Waals surface area contributed by atoms with Gasteiger partial charge in [-0.3, -0.25) is 14.9 Å². The lowest BCUT2D eigenvalue weighted by Gasteiger charge is -2.17. The van der Waals surface area contributed by atoms with Gasteiger partial charge in [0.1, 0.15) is 17.6 Å². The number of amides is 1. The number of fused-ring (bicyclic) bond motifs is 1. The van der Waals surface area contributed by atoms with E-state index < -0.39 is 16.9 Å². The minimum atomic E-state index is -0.626. The number of carbonyl (C=O) groups is 1. The van der Waals surface area contributed by atoms with Gasteiger partial charge in [-0.15, -0.1) is 0 Å². The molecule has 162 valence electrons. The first-order valence-corrected chi connectivity index (χ1v) is 10.2. The summed E-state index contributed by atoms with van der Waals surface area (Å²) in [5.41, 5.74) is 1.76. The minimum absolute atomic E-state index is 0.0544. The molecular weight excluding hydrogens is 455 g/mol. The fraction of sp³-hybridized carbons (Fsp3) is 0.0909. The zero-order valence-electron chi connectivity index (χ0n) is 16.4. The van der Waals surface area contributed by atoms with E-state index in [-0.39, 0.29) is 12.3 Å². The molecular formula is C22H16Cl2N4O4. The number of nitro groups is 1. The van der Waals surface area contributed by atoms with Crippen molar-refractivity contribution in [2.45, 2.75) is 6.04 Å². The number of ether oxygens (including phenoxy) is 1. The Morgan fingerprint density at radius 1 is 1.12 bits per heavy atom. The largest absolute Gasteiger partial charge is 0.482 e. The highest BCUT2D eigenvalue weighted by Gasteiger charge is 2.21. The molecule has 1 aromatic heterocycles. The summed E-state index contributed by atoms with van der Waals surface area (Å²) in [5.74, 6) is 0.361. The maximum Gasteiger partial charge on any atom is 0.271 e. The Morgan fingerprint density at radius 3 is 2.62 bits per heavy atom. The van der Waals surface area contributed by atoms with Gasteiger partial charge in [0.05, 0.1) is 21.0 Å². The zero-order valence-corrected chi connectivity index (χ0v) is 17.9.